The summed E-state index contributed by atoms with van der Waals surface area (Å²) in [6.07, 6.45) is 1.30. The molecule has 3 aromatic rings. The first kappa shape index (κ1) is 23.6. The van der Waals surface area contributed by atoms with Crippen LogP contribution in [-0.2, 0) is 20.0 Å². The molecule has 2 aromatic carbocycles. The van der Waals surface area contributed by atoms with Gasteiger partial charge in [-0.1, -0.05) is 38.0 Å². The highest BCUT2D eigenvalue weighted by molar-refractivity contribution is 7.90. The molecule has 4 rings (SSSR count). The summed E-state index contributed by atoms with van der Waals surface area (Å²) in [5.41, 5.74) is 2.16. The highest BCUT2D eigenvalue weighted by atomic mass is 32.2. The SMILES string of the molecule is CC(C)(C)c1ccc(C(=O)Nc2nnc([C@H]3CC(=O)N(c4ccc(S(C)(=O)=O)cc4)C3)o2)cc1. The summed E-state index contributed by atoms with van der Waals surface area (Å²) >= 11 is 0. The van der Waals surface area contributed by atoms with Gasteiger partial charge in [-0.3, -0.25) is 14.9 Å². The predicted molar refractivity (Wildman–Crippen MR) is 127 cm³/mol. The fourth-order valence-corrected chi connectivity index (χ4v) is 4.37. The number of aromatic nitrogens is 2. The fraction of sp³-hybridized carbons (Fsp3) is 0.333. The number of hydrogen-bond donors (Lipinski definition) is 1. The summed E-state index contributed by atoms with van der Waals surface area (Å²) in [5, 5.41) is 10.5. The molecule has 0 radical (unpaired) electrons. The zero-order valence-electron chi connectivity index (χ0n) is 19.4. The minimum Gasteiger partial charge on any atom is -0.407 e. The predicted octanol–water partition coefficient (Wildman–Crippen LogP) is 3.54. The first-order valence-corrected chi connectivity index (χ1v) is 12.7. The Morgan fingerprint density at radius 3 is 2.29 bits per heavy atom. The molecular weight excluding hydrogens is 456 g/mol. The molecule has 0 saturated carbocycles. The Kier molecular flexibility index (Phi) is 6.03. The molecule has 1 aliphatic heterocycles. The van der Waals surface area contributed by atoms with Crippen molar-refractivity contribution in [1.82, 2.24) is 10.2 Å². The molecule has 0 unspecified atom stereocenters. The summed E-state index contributed by atoms with van der Waals surface area (Å²) in [7, 11) is -3.32. The second kappa shape index (κ2) is 8.68. The molecule has 1 aliphatic rings. The molecule has 1 saturated heterocycles. The van der Waals surface area contributed by atoms with E-state index in [1.165, 1.54) is 12.1 Å². The Hall–Kier alpha value is -3.53. The molecule has 9 nitrogen and oxygen atoms in total. The number of carbonyl (C=O) groups excluding carboxylic acids is 2. The van der Waals surface area contributed by atoms with Gasteiger partial charge in [0.15, 0.2) is 9.84 Å². The van der Waals surface area contributed by atoms with Gasteiger partial charge < -0.3 is 9.32 Å². The number of amides is 2. The van der Waals surface area contributed by atoms with Crippen LogP contribution < -0.4 is 10.2 Å². The summed E-state index contributed by atoms with van der Waals surface area (Å²) in [6, 6.07) is 13.4. The number of rotatable bonds is 5. The summed E-state index contributed by atoms with van der Waals surface area (Å²) in [4.78, 5) is 26.8. The van der Waals surface area contributed by atoms with Crippen LogP contribution >= 0.6 is 0 Å². The van der Waals surface area contributed by atoms with Crippen molar-refractivity contribution in [2.24, 2.45) is 0 Å². The van der Waals surface area contributed by atoms with Crippen molar-refractivity contribution < 1.29 is 22.4 Å². The number of anilines is 2. The van der Waals surface area contributed by atoms with Gasteiger partial charge in [0.05, 0.1) is 10.8 Å². The highest BCUT2D eigenvalue weighted by Gasteiger charge is 2.35. The lowest BCUT2D eigenvalue weighted by Crippen LogP contribution is -2.24. The van der Waals surface area contributed by atoms with Gasteiger partial charge >= 0.3 is 6.01 Å². The van der Waals surface area contributed by atoms with Crippen LogP contribution in [0.3, 0.4) is 0 Å². The number of carbonyl (C=O) groups is 2. The molecule has 0 spiro atoms. The van der Waals surface area contributed by atoms with Gasteiger partial charge in [-0.25, -0.2) is 8.42 Å². The van der Waals surface area contributed by atoms with Gasteiger partial charge in [-0.15, -0.1) is 5.10 Å². The second-order valence-corrected chi connectivity index (χ2v) is 11.4. The van der Waals surface area contributed by atoms with Crippen molar-refractivity contribution in [2.75, 3.05) is 23.0 Å². The summed E-state index contributed by atoms with van der Waals surface area (Å²) in [5.74, 6) is -0.598. The maximum atomic E-state index is 12.6. The van der Waals surface area contributed by atoms with E-state index in [9.17, 15) is 18.0 Å². The third kappa shape index (κ3) is 5.01. The molecule has 0 aliphatic carbocycles. The number of sulfone groups is 1. The topological polar surface area (TPSA) is 122 Å². The van der Waals surface area contributed by atoms with Crippen molar-refractivity contribution in [1.29, 1.82) is 0 Å². The largest absolute Gasteiger partial charge is 0.407 e. The Morgan fingerprint density at radius 2 is 1.71 bits per heavy atom. The van der Waals surface area contributed by atoms with E-state index in [1.807, 2.05) is 12.1 Å². The number of hydrogen-bond acceptors (Lipinski definition) is 7. The van der Waals surface area contributed by atoms with Crippen LogP contribution in [0.2, 0.25) is 0 Å². The highest BCUT2D eigenvalue weighted by Crippen LogP contribution is 2.32. The van der Waals surface area contributed by atoms with Crippen LogP contribution in [0.15, 0.2) is 57.8 Å². The van der Waals surface area contributed by atoms with E-state index < -0.39 is 9.84 Å². The van der Waals surface area contributed by atoms with Crippen LogP contribution in [0.25, 0.3) is 0 Å². The van der Waals surface area contributed by atoms with Crippen LogP contribution in [0.1, 0.15) is 54.9 Å². The normalized spacial score (nSPS) is 16.6. The standard InChI is InChI=1S/C24H26N4O5S/c1-24(2,3)17-7-5-15(6-8-17)21(30)25-23-27-26-22(33-23)16-13-20(29)28(14-16)18-9-11-19(12-10-18)34(4,31)32/h5-12,16H,13-14H2,1-4H3,(H,25,27,30)/t16-/m0/s1. The monoisotopic (exact) mass is 482 g/mol. The van der Waals surface area contributed by atoms with Gasteiger partial charge in [0.1, 0.15) is 0 Å². The molecule has 34 heavy (non-hydrogen) atoms. The molecule has 1 atom stereocenters. The maximum Gasteiger partial charge on any atom is 0.322 e. The van der Waals surface area contributed by atoms with Gasteiger partial charge in [0.25, 0.3) is 5.91 Å². The lowest BCUT2D eigenvalue weighted by atomic mass is 9.87. The van der Waals surface area contributed by atoms with E-state index in [4.69, 9.17) is 4.42 Å². The molecule has 0 bridgehead atoms. The molecule has 1 N–H and O–H groups in total. The molecule has 2 amide bonds. The van der Waals surface area contributed by atoms with Gasteiger partial charge in [0.2, 0.25) is 11.8 Å². The maximum absolute atomic E-state index is 12.6. The summed E-state index contributed by atoms with van der Waals surface area (Å²) in [6.45, 7) is 6.60. The Bertz CT molecular complexity index is 1320. The van der Waals surface area contributed by atoms with Crippen molar-refractivity contribution in [3.63, 3.8) is 0 Å². The van der Waals surface area contributed by atoms with Gasteiger partial charge in [-0.05, 0) is 47.4 Å². The summed E-state index contributed by atoms with van der Waals surface area (Å²) < 4.78 is 28.9. The van der Waals surface area contributed by atoms with Gasteiger partial charge in [0, 0.05) is 30.5 Å². The fourth-order valence-electron chi connectivity index (χ4n) is 3.74. The first-order valence-electron chi connectivity index (χ1n) is 10.8. The molecule has 1 fully saturated rings. The third-order valence-electron chi connectivity index (χ3n) is 5.73. The Balaban J connectivity index is 1.42. The lowest BCUT2D eigenvalue weighted by molar-refractivity contribution is -0.117. The molecular formula is C24H26N4O5S. The zero-order valence-corrected chi connectivity index (χ0v) is 20.2. The van der Waals surface area contributed by atoms with Crippen molar-refractivity contribution in [2.45, 2.75) is 43.4 Å². The van der Waals surface area contributed by atoms with E-state index in [-0.39, 0.29) is 46.4 Å². The van der Waals surface area contributed by atoms with Crippen LogP contribution in [0.4, 0.5) is 11.7 Å². The van der Waals surface area contributed by atoms with Crippen LogP contribution in [-0.4, -0.2) is 43.2 Å². The van der Waals surface area contributed by atoms with E-state index in [1.54, 1.807) is 29.2 Å². The first-order chi connectivity index (χ1) is 15.9. The van der Waals surface area contributed by atoms with Crippen LogP contribution in [0.5, 0.6) is 0 Å². The lowest BCUT2D eigenvalue weighted by Gasteiger charge is -2.18. The van der Waals surface area contributed by atoms with E-state index in [0.29, 0.717) is 17.8 Å². The van der Waals surface area contributed by atoms with E-state index >= 15 is 0 Å². The Morgan fingerprint density at radius 1 is 1.06 bits per heavy atom. The van der Waals surface area contributed by atoms with Crippen molar-refractivity contribution >= 4 is 33.4 Å². The Labute approximate surface area is 198 Å². The quantitative estimate of drug-likeness (QED) is 0.590. The smallest absolute Gasteiger partial charge is 0.322 e. The minimum absolute atomic E-state index is 0.0151. The van der Waals surface area contributed by atoms with Crippen molar-refractivity contribution in [3.8, 4) is 0 Å². The number of benzene rings is 2. The molecule has 10 heteroatoms. The number of nitrogens with one attached hydrogen (secondary N) is 1. The average molecular weight is 483 g/mol. The molecule has 178 valence electrons. The van der Waals surface area contributed by atoms with Crippen LogP contribution in [0, 0.1) is 0 Å². The zero-order chi connectivity index (χ0) is 24.7. The minimum atomic E-state index is -3.32. The van der Waals surface area contributed by atoms with E-state index in [2.05, 4.69) is 36.3 Å². The van der Waals surface area contributed by atoms with Gasteiger partial charge in [-0.2, -0.15) is 0 Å². The van der Waals surface area contributed by atoms with E-state index in [0.717, 1.165) is 11.8 Å². The van der Waals surface area contributed by atoms with Crippen molar-refractivity contribution in [3.05, 3.63) is 65.5 Å². The molecule has 2 heterocycles. The average Bonchev–Trinajstić information content (AvgIpc) is 3.39. The third-order valence-corrected chi connectivity index (χ3v) is 6.85. The second-order valence-electron chi connectivity index (χ2n) is 9.40. The molecule has 1 aromatic heterocycles. The number of nitrogens with zero attached hydrogens (tertiary/aromatic N) is 3.